The van der Waals surface area contributed by atoms with E-state index >= 15 is 8.78 Å². The summed E-state index contributed by atoms with van der Waals surface area (Å²) < 4.78 is 46.7. The molecule has 0 unspecified atom stereocenters. The zero-order valence-electron chi connectivity index (χ0n) is 21.6. The van der Waals surface area contributed by atoms with E-state index in [9.17, 15) is 9.59 Å². The molecule has 0 spiro atoms. The van der Waals surface area contributed by atoms with Crippen molar-refractivity contribution < 1.29 is 27.8 Å². The highest BCUT2D eigenvalue weighted by molar-refractivity contribution is 5.94. The van der Waals surface area contributed by atoms with Crippen LogP contribution in [0.15, 0.2) is 35.4 Å². The number of methoxy groups -OCH3 is 2. The van der Waals surface area contributed by atoms with Crippen LogP contribution >= 0.6 is 0 Å². The van der Waals surface area contributed by atoms with Crippen LogP contribution in [-0.2, 0) is 11.2 Å². The molecule has 0 atom stereocenters. The minimum absolute atomic E-state index is 0.0485. The maximum atomic E-state index is 15.5. The number of halogens is 2. The van der Waals surface area contributed by atoms with Gasteiger partial charge in [0.15, 0.2) is 17.3 Å². The summed E-state index contributed by atoms with van der Waals surface area (Å²) in [5, 5.41) is -0.304. The Morgan fingerprint density at radius 3 is 2.60 bits per heavy atom. The van der Waals surface area contributed by atoms with Crippen LogP contribution in [0.3, 0.4) is 0 Å². The molecule has 206 valence electrons. The second-order valence-corrected chi connectivity index (χ2v) is 9.21. The largest absolute Gasteiger partial charge is 0.493 e. The molecule has 12 heteroatoms. The van der Waals surface area contributed by atoms with Crippen LogP contribution in [0.5, 0.6) is 11.5 Å². The van der Waals surface area contributed by atoms with Gasteiger partial charge in [-0.25, -0.2) is 18.6 Å². The Hall–Kier alpha value is -5.00. The summed E-state index contributed by atoms with van der Waals surface area (Å²) in [7, 11) is 2.90. The van der Waals surface area contributed by atoms with Crippen LogP contribution in [0.4, 0.5) is 20.5 Å². The Bertz CT molecular complexity index is 1730. The molecule has 1 fully saturated rings. The number of H-pyrrole nitrogens is 1. The van der Waals surface area contributed by atoms with Gasteiger partial charge in [0.05, 0.1) is 25.1 Å². The molecule has 0 aliphatic heterocycles. The number of fused-ring (bicyclic) bond motifs is 1. The van der Waals surface area contributed by atoms with Crippen molar-refractivity contribution in [2.24, 2.45) is 0 Å². The first kappa shape index (κ1) is 26.6. The average molecular weight is 550 g/mol. The molecule has 0 radical (unpaired) electrons. The van der Waals surface area contributed by atoms with Crippen LogP contribution in [0, 0.1) is 11.6 Å². The lowest BCUT2D eigenvalue weighted by atomic mass is 10.0. The van der Waals surface area contributed by atoms with E-state index in [0.29, 0.717) is 29.0 Å². The van der Waals surface area contributed by atoms with E-state index in [1.54, 1.807) is 12.1 Å². The summed E-state index contributed by atoms with van der Waals surface area (Å²) in [4.78, 5) is 35.6. The number of ether oxygens (including phenoxy) is 3. The van der Waals surface area contributed by atoms with Crippen LogP contribution < -0.4 is 26.4 Å². The molecule has 40 heavy (non-hydrogen) atoms. The van der Waals surface area contributed by atoms with E-state index in [2.05, 4.69) is 15.0 Å². The molecule has 0 amide bonds. The number of nitrogens with two attached hydrogens (primary N) is 2. The van der Waals surface area contributed by atoms with Gasteiger partial charge in [-0.15, -0.1) is 0 Å². The molecular formula is C28H25F2N5O5. The van der Waals surface area contributed by atoms with Crippen molar-refractivity contribution in [2.75, 3.05) is 25.7 Å². The van der Waals surface area contributed by atoms with Crippen molar-refractivity contribution in [1.82, 2.24) is 15.0 Å². The maximum absolute atomic E-state index is 15.5. The predicted molar refractivity (Wildman–Crippen MR) is 145 cm³/mol. The van der Waals surface area contributed by atoms with Crippen molar-refractivity contribution in [3.63, 3.8) is 0 Å². The lowest BCUT2D eigenvalue weighted by Gasteiger charge is -2.14. The summed E-state index contributed by atoms with van der Waals surface area (Å²) >= 11 is 0. The van der Waals surface area contributed by atoms with Gasteiger partial charge in [0, 0.05) is 35.5 Å². The lowest BCUT2D eigenvalue weighted by Crippen LogP contribution is -2.19. The Kier molecular flexibility index (Phi) is 7.07. The predicted octanol–water partition coefficient (Wildman–Crippen LogP) is 3.86. The fraction of sp³-hybridized carbons (Fsp3) is 0.214. The monoisotopic (exact) mass is 549 g/mol. The van der Waals surface area contributed by atoms with Gasteiger partial charge >= 0.3 is 5.97 Å². The summed E-state index contributed by atoms with van der Waals surface area (Å²) in [6.07, 6.45) is 6.81. The summed E-state index contributed by atoms with van der Waals surface area (Å²) in [6, 6.07) is 4.37. The SMILES string of the molecule is COc1cc(Cc2cnc(N)nc2N)cc(/C=C\c2c(F)cc3c(=O)c(C(=O)OC4CC4)c[nH]c3c2F)c1OC. The van der Waals surface area contributed by atoms with Crippen molar-refractivity contribution in [2.45, 2.75) is 25.4 Å². The molecule has 1 saturated carbocycles. The molecule has 2 aromatic heterocycles. The number of anilines is 2. The molecule has 10 nitrogen and oxygen atoms in total. The number of carbonyl (C=O) groups is 1. The average Bonchev–Trinajstić information content (AvgIpc) is 3.74. The number of nitrogens with one attached hydrogen (secondary N) is 1. The zero-order valence-corrected chi connectivity index (χ0v) is 21.6. The Balaban J connectivity index is 1.53. The number of pyridine rings is 1. The first-order valence-corrected chi connectivity index (χ1v) is 12.2. The van der Waals surface area contributed by atoms with E-state index in [0.717, 1.165) is 30.7 Å². The minimum Gasteiger partial charge on any atom is -0.493 e. The van der Waals surface area contributed by atoms with Crippen molar-refractivity contribution in [3.05, 3.63) is 80.3 Å². The van der Waals surface area contributed by atoms with Gasteiger partial charge in [-0.2, -0.15) is 4.98 Å². The van der Waals surface area contributed by atoms with Gasteiger partial charge in [0.25, 0.3) is 0 Å². The van der Waals surface area contributed by atoms with Gasteiger partial charge in [-0.05, 0) is 42.7 Å². The van der Waals surface area contributed by atoms with Gasteiger partial charge < -0.3 is 30.7 Å². The number of benzene rings is 2. The molecule has 2 heterocycles. The smallest absolute Gasteiger partial charge is 0.343 e. The second kappa shape index (κ2) is 10.6. The van der Waals surface area contributed by atoms with Crippen LogP contribution in [-0.4, -0.2) is 41.2 Å². The standard InChI is InChI=1S/C28H25F2N5O5/c1-38-21-9-13(8-15-11-34-28(32)35-26(15)31)7-14(25(21)39-2)3-6-17-20(29)10-18-23(22(17)30)33-12-19(24(18)36)27(37)40-16-4-5-16/h3,6-7,9-12,16H,4-5,8H2,1-2H3,(H,33,36)(H4,31,32,34,35)/b6-3-. The number of hydrogen-bond donors (Lipinski definition) is 3. The lowest BCUT2D eigenvalue weighted by molar-refractivity contribution is 0.0470. The highest BCUT2D eigenvalue weighted by Crippen LogP contribution is 2.35. The van der Waals surface area contributed by atoms with Crippen LogP contribution in [0.2, 0.25) is 0 Å². The molecule has 1 aliphatic carbocycles. The first-order chi connectivity index (χ1) is 19.2. The Labute approximate surface area is 226 Å². The fourth-order valence-corrected chi connectivity index (χ4v) is 4.26. The third kappa shape index (κ3) is 5.15. The molecular weight excluding hydrogens is 524 g/mol. The second-order valence-electron chi connectivity index (χ2n) is 9.21. The Morgan fingerprint density at radius 2 is 1.93 bits per heavy atom. The topological polar surface area (TPSA) is 155 Å². The van der Waals surface area contributed by atoms with Crippen LogP contribution in [0.25, 0.3) is 23.1 Å². The normalized spacial score (nSPS) is 13.1. The first-order valence-electron chi connectivity index (χ1n) is 12.2. The van der Waals surface area contributed by atoms with Crippen molar-refractivity contribution in [1.29, 1.82) is 0 Å². The van der Waals surface area contributed by atoms with Gasteiger partial charge in [0.1, 0.15) is 23.3 Å². The van der Waals surface area contributed by atoms with Gasteiger partial charge in [-0.1, -0.05) is 6.08 Å². The molecule has 2 aromatic carbocycles. The number of nitrogen functional groups attached to an aromatic ring is 2. The van der Waals surface area contributed by atoms with E-state index in [1.807, 2.05) is 0 Å². The van der Waals surface area contributed by atoms with E-state index in [-0.39, 0.29) is 34.3 Å². The third-order valence-electron chi connectivity index (χ3n) is 6.43. The molecule has 1 aliphatic rings. The summed E-state index contributed by atoms with van der Waals surface area (Å²) in [5.41, 5.74) is 11.6. The fourth-order valence-electron chi connectivity index (χ4n) is 4.26. The third-order valence-corrected chi connectivity index (χ3v) is 6.43. The molecule has 0 saturated heterocycles. The maximum Gasteiger partial charge on any atom is 0.343 e. The molecule has 4 aromatic rings. The number of hydrogen-bond acceptors (Lipinski definition) is 9. The molecule has 5 N–H and O–H groups in total. The summed E-state index contributed by atoms with van der Waals surface area (Å²) in [6.45, 7) is 0. The number of nitrogens with zero attached hydrogens (tertiary/aromatic N) is 2. The highest BCUT2D eigenvalue weighted by Gasteiger charge is 2.28. The van der Waals surface area contributed by atoms with E-state index in [4.69, 9.17) is 25.7 Å². The van der Waals surface area contributed by atoms with Gasteiger partial charge in [0.2, 0.25) is 11.4 Å². The molecule has 5 rings (SSSR count). The van der Waals surface area contributed by atoms with Crippen molar-refractivity contribution in [3.8, 4) is 11.5 Å². The minimum atomic E-state index is -1.00. The van der Waals surface area contributed by atoms with E-state index in [1.165, 1.54) is 32.6 Å². The van der Waals surface area contributed by atoms with Crippen molar-refractivity contribution >= 4 is 40.8 Å². The Morgan fingerprint density at radius 1 is 1.15 bits per heavy atom. The quantitative estimate of drug-likeness (QED) is 0.219. The number of rotatable bonds is 8. The van der Waals surface area contributed by atoms with Gasteiger partial charge in [-0.3, -0.25) is 4.79 Å². The number of aromatic nitrogens is 3. The van der Waals surface area contributed by atoms with Crippen LogP contribution in [0.1, 0.15) is 45.5 Å². The zero-order chi connectivity index (χ0) is 28.6. The highest BCUT2D eigenvalue weighted by atomic mass is 19.1. The van der Waals surface area contributed by atoms with E-state index < -0.39 is 28.6 Å². The number of esters is 1. The number of carbonyl (C=O) groups excluding carboxylic acids is 1. The molecule has 0 bridgehead atoms. The number of aromatic amines is 1. The summed E-state index contributed by atoms with van der Waals surface area (Å²) in [5.74, 6) is -1.84.